The SMILES string of the molecule is CCCN1C(N)=NCC1(CC)c1ccccc1F. The van der Waals surface area contributed by atoms with Crippen molar-refractivity contribution in [1.82, 2.24) is 4.90 Å². The van der Waals surface area contributed by atoms with Gasteiger partial charge in [0.05, 0.1) is 12.1 Å². The van der Waals surface area contributed by atoms with Gasteiger partial charge in [-0.2, -0.15) is 0 Å². The molecule has 0 fully saturated rings. The standard InChI is InChI=1S/C14H20FN3/c1-3-9-18-13(16)17-10-14(18,4-2)11-7-5-6-8-12(11)15/h5-8H,3-4,9-10H2,1-2H3,(H2,16,17). The summed E-state index contributed by atoms with van der Waals surface area (Å²) in [4.78, 5) is 6.38. The molecule has 0 bridgehead atoms. The highest BCUT2D eigenvalue weighted by Crippen LogP contribution is 2.37. The van der Waals surface area contributed by atoms with Crippen LogP contribution in [0.25, 0.3) is 0 Å². The Balaban J connectivity index is 2.46. The van der Waals surface area contributed by atoms with Gasteiger partial charge >= 0.3 is 0 Å². The molecule has 0 spiro atoms. The van der Waals surface area contributed by atoms with Crippen molar-refractivity contribution in [1.29, 1.82) is 0 Å². The van der Waals surface area contributed by atoms with Crippen molar-refractivity contribution >= 4 is 5.96 Å². The maximum absolute atomic E-state index is 14.1. The summed E-state index contributed by atoms with van der Waals surface area (Å²) in [7, 11) is 0. The van der Waals surface area contributed by atoms with Crippen LogP contribution in [-0.4, -0.2) is 23.9 Å². The Morgan fingerprint density at radius 3 is 2.72 bits per heavy atom. The van der Waals surface area contributed by atoms with Crippen molar-refractivity contribution in [3.05, 3.63) is 35.6 Å². The van der Waals surface area contributed by atoms with E-state index in [0.29, 0.717) is 18.1 Å². The predicted molar refractivity (Wildman–Crippen MR) is 71.9 cm³/mol. The molecule has 0 saturated heterocycles. The molecule has 1 aromatic carbocycles. The highest BCUT2D eigenvalue weighted by atomic mass is 19.1. The van der Waals surface area contributed by atoms with Crippen LogP contribution >= 0.6 is 0 Å². The number of hydrogen-bond donors (Lipinski definition) is 1. The van der Waals surface area contributed by atoms with Gasteiger partial charge in [-0.05, 0) is 18.9 Å². The minimum atomic E-state index is -0.411. The van der Waals surface area contributed by atoms with Crippen LogP contribution < -0.4 is 5.73 Å². The van der Waals surface area contributed by atoms with Crippen molar-refractivity contribution in [2.75, 3.05) is 13.1 Å². The molecule has 1 unspecified atom stereocenters. The number of hydrogen-bond acceptors (Lipinski definition) is 3. The minimum Gasteiger partial charge on any atom is -0.370 e. The molecule has 1 aliphatic heterocycles. The molecule has 98 valence electrons. The fourth-order valence-corrected chi connectivity index (χ4v) is 2.72. The molecule has 2 rings (SSSR count). The lowest BCUT2D eigenvalue weighted by atomic mass is 9.85. The van der Waals surface area contributed by atoms with Gasteiger partial charge in [0.15, 0.2) is 5.96 Å². The van der Waals surface area contributed by atoms with Crippen molar-refractivity contribution < 1.29 is 4.39 Å². The molecule has 0 aliphatic carbocycles. The average molecular weight is 249 g/mol. The zero-order valence-corrected chi connectivity index (χ0v) is 11.0. The normalized spacial score (nSPS) is 23.3. The van der Waals surface area contributed by atoms with Crippen LogP contribution in [0.3, 0.4) is 0 Å². The number of nitrogens with two attached hydrogens (primary N) is 1. The summed E-state index contributed by atoms with van der Waals surface area (Å²) in [6.07, 6.45) is 1.75. The largest absolute Gasteiger partial charge is 0.370 e. The summed E-state index contributed by atoms with van der Waals surface area (Å²) < 4.78 is 14.1. The van der Waals surface area contributed by atoms with Gasteiger partial charge in [0, 0.05) is 12.1 Å². The van der Waals surface area contributed by atoms with Gasteiger partial charge in [0.25, 0.3) is 0 Å². The van der Waals surface area contributed by atoms with Crippen molar-refractivity contribution in [3.63, 3.8) is 0 Å². The molecule has 0 amide bonds. The molecule has 0 aromatic heterocycles. The van der Waals surface area contributed by atoms with Crippen LogP contribution in [0.2, 0.25) is 0 Å². The minimum absolute atomic E-state index is 0.176. The molecular formula is C14H20FN3. The third-order valence-electron chi connectivity index (χ3n) is 3.70. The first kappa shape index (κ1) is 12.9. The molecule has 0 saturated carbocycles. The highest BCUT2D eigenvalue weighted by Gasteiger charge is 2.43. The van der Waals surface area contributed by atoms with E-state index in [-0.39, 0.29) is 5.82 Å². The quantitative estimate of drug-likeness (QED) is 0.890. The van der Waals surface area contributed by atoms with Gasteiger partial charge in [0.2, 0.25) is 0 Å². The van der Waals surface area contributed by atoms with Crippen molar-refractivity contribution in [2.24, 2.45) is 10.7 Å². The first-order chi connectivity index (χ1) is 8.65. The molecule has 2 N–H and O–H groups in total. The summed E-state index contributed by atoms with van der Waals surface area (Å²) in [5.74, 6) is 0.354. The lowest BCUT2D eigenvalue weighted by Crippen LogP contribution is -2.49. The Morgan fingerprint density at radius 2 is 2.11 bits per heavy atom. The zero-order valence-electron chi connectivity index (χ0n) is 11.0. The van der Waals surface area contributed by atoms with Gasteiger partial charge in [0.1, 0.15) is 5.82 Å². The van der Waals surface area contributed by atoms with E-state index in [4.69, 9.17) is 5.73 Å². The van der Waals surface area contributed by atoms with Crippen molar-refractivity contribution in [3.8, 4) is 0 Å². The van der Waals surface area contributed by atoms with Gasteiger partial charge in [-0.3, -0.25) is 4.99 Å². The Morgan fingerprint density at radius 1 is 1.39 bits per heavy atom. The summed E-state index contributed by atoms with van der Waals surface area (Å²) in [5, 5.41) is 0. The smallest absolute Gasteiger partial charge is 0.192 e. The van der Waals surface area contributed by atoms with Crippen molar-refractivity contribution in [2.45, 2.75) is 32.2 Å². The lowest BCUT2D eigenvalue weighted by molar-refractivity contribution is 0.188. The van der Waals surface area contributed by atoms with Gasteiger partial charge < -0.3 is 10.6 Å². The Bertz CT molecular complexity index is 458. The summed E-state index contributed by atoms with van der Waals surface area (Å²) in [6, 6.07) is 6.93. The first-order valence-electron chi connectivity index (χ1n) is 6.48. The van der Waals surface area contributed by atoms with Gasteiger partial charge in [-0.25, -0.2) is 4.39 Å². The highest BCUT2D eigenvalue weighted by molar-refractivity contribution is 5.81. The lowest BCUT2D eigenvalue weighted by Gasteiger charge is -2.39. The predicted octanol–water partition coefficient (Wildman–Crippen LogP) is 2.47. The summed E-state index contributed by atoms with van der Waals surface area (Å²) in [5.41, 5.74) is 6.25. The van der Waals surface area contributed by atoms with Crippen LogP contribution in [0.15, 0.2) is 29.3 Å². The second kappa shape index (κ2) is 4.96. The fourth-order valence-electron chi connectivity index (χ4n) is 2.72. The Kier molecular flexibility index (Phi) is 3.55. The Hall–Kier alpha value is -1.58. The van der Waals surface area contributed by atoms with E-state index in [1.54, 1.807) is 6.07 Å². The molecule has 18 heavy (non-hydrogen) atoms. The number of guanidine groups is 1. The number of aliphatic imine (C=N–C) groups is 1. The second-order valence-electron chi connectivity index (χ2n) is 4.69. The number of halogens is 1. The molecule has 1 aromatic rings. The van der Waals surface area contributed by atoms with Crippen LogP contribution in [0.4, 0.5) is 4.39 Å². The second-order valence-corrected chi connectivity index (χ2v) is 4.69. The fraction of sp³-hybridized carbons (Fsp3) is 0.500. The molecule has 4 heteroatoms. The average Bonchev–Trinajstić information content (AvgIpc) is 2.69. The van der Waals surface area contributed by atoms with E-state index in [1.165, 1.54) is 6.07 Å². The molecule has 1 aliphatic rings. The van der Waals surface area contributed by atoms with Crippen LogP contribution in [0.1, 0.15) is 32.3 Å². The van der Waals surface area contributed by atoms with Crippen LogP contribution in [0, 0.1) is 5.82 Å². The molecule has 3 nitrogen and oxygen atoms in total. The molecular weight excluding hydrogens is 229 g/mol. The van der Waals surface area contributed by atoms with Crippen LogP contribution in [-0.2, 0) is 5.54 Å². The first-order valence-corrected chi connectivity index (χ1v) is 6.48. The van der Waals surface area contributed by atoms with E-state index in [0.717, 1.165) is 19.4 Å². The monoisotopic (exact) mass is 249 g/mol. The number of benzene rings is 1. The number of rotatable bonds is 4. The van der Waals surface area contributed by atoms with E-state index in [1.807, 2.05) is 17.0 Å². The van der Waals surface area contributed by atoms with E-state index in [2.05, 4.69) is 18.8 Å². The summed E-state index contributed by atoms with van der Waals surface area (Å²) >= 11 is 0. The number of nitrogens with zero attached hydrogens (tertiary/aromatic N) is 2. The maximum atomic E-state index is 14.1. The summed E-state index contributed by atoms with van der Waals surface area (Å²) in [6.45, 7) is 5.49. The third kappa shape index (κ3) is 1.85. The molecule has 1 atom stereocenters. The molecule has 1 heterocycles. The van der Waals surface area contributed by atoms with E-state index in [9.17, 15) is 4.39 Å². The maximum Gasteiger partial charge on any atom is 0.192 e. The zero-order chi connectivity index (χ0) is 13.2. The van der Waals surface area contributed by atoms with Gasteiger partial charge in [-0.1, -0.05) is 32.0 Å². The van der Waals surface area contributed by atoms with Crippen LogP contribution in [0.5, 0.6) is 0 Å². The van der Waals surface area contributed by atoms with Gasteiger partial charge in [-0.15, -0.1) is 0 Å². The molecule has 0 radical (unpaired) electrons. The topological polar surface area (TPSA) is 41.6 Å². The van der Waals surface area contributed by atoms with E-state index >= 15 is 0 Å². The van der Waals surface area contributed by atoms with E-state index < -0.39 is 5.54 Å². The third-order valence-corrected chi connectivity index (χ3v) is 3.70. The Labute approximate surface area is 108 Å².